The minimum absolute atomic E-state index is 0.679. The highest BCUT2D eigenvalue weighted by Crippen LogP contribution is 2.29. The van der Waals surface area contributed by atoms with Crippen LogP contribution >= 0.6 is 0 Å². The van der Waals surface area contributed by atoms with E-state index >= 15 is 0 Å². The highest BCUT2D eigenvalue weighted by atomic mass is 14.9. The fourth-order valence-corrected chi connectivity index (χ4v) is 1.83. The number of hydrogen-bond donors (Lipinski definition) is 1. The second kappa shape index (κ2) is 4.79. The minimum atomic E-state index is 0.679. The van der Waals surface area contributed by atoms with Crippen LogP contribution in [-0.4, -0.2) is 11.5 Å². The van der Waals surface area contributed by atoms with Crippen LogP contribution < -0.4 is 5.32 Å². The normalized spacial score (nSPS) is 15.4. The molecule has 0 saturated heterocycles. The zero-order valence-corrected chi connectivity index (χ0v) is 8.74. The quantitative estimate of drug-likeness (QED) is 0.814. The molecule has 78 valence electrons. The van der Waals surface area contributed by atoms with E-state index in [4.69, 9.17) is 5.26 Å². The summed E-state index contributed by atoms with van der Waals surface area (Å²) in [6.45, 7) is 0.949. The summed E-state index contributed by atoms with van der Waals surface area (Å²) in [6.07, 6.45) is 8.72. The highest BCUT2D eigenvalue weighted by molar-refractivity contribution is 5.55. The van der Waals surface area contributed by atoms with Gasteiger partial charge in [-0.3, -0.25) is 4.98 Å². The number of hydrogen-bond acceptors (Lipinski definition) is 3. The van der Waals surface area contributed by atoms with Crippen LogP contribution in [0, 0.1) is 17.2 Å². The van der Waals surface area contributed by atoms with Gasteiger partial charge in [0.25, 0.3) is 0 Å². The molecule has 1 heterocycles. The lowest BCUT2D eigenvalue weighted by Gasteiger charge is -2.25. The van der Waals surface area contributed by atoms with Crippen molar-refractivity contribution in [1.29, 1.82) is 5.26 Å². The van der Waals surface area contributed by atoms with Crippen molar-refractivity contribution in [2.45, 2.75) is 25.7 Å². The van der Waals surface area contributed by atoms with Gasteiger partial charge < -0.3 is 5.32 Å². The fourth-order valence-electron chi connectivity index (χ4n) is 1.83. The van der Waals surface area contributed by atoms with Gasteiger partial charge in [-0.2, -0.15) is 5.26 Å². The summed E-state index contributed by atoms with van der Waals surface area (Å²) < 4.78 is 0. The van der Waals surface area contributed by atoms with Crippen LogP contribution in [0.1, 0.15) is 31.2 Å². The molecule has 2 rings (SSSR count). The van der Waals surface area contributed by atoms with Gasteiger partial charge in [0.15, 0.2) is 0 Å². The summed E-state index contributed by atoms with van der Waals surface area (Å²) >= 11 is 0. The van der Waals surface area contributed by atoms with E-state index in [1.807, 2.05) is 0 Å². The van der Waals surface area contributed by atoms with Crippen molar-refractivity contribution in [3.63, 3.8) is 0 Å². The summed E-state index contributed by atoms with van der Waals surface area (Å²) in [7, 11) is 0. The van der Waals surface area contributed by atoms with Crippen LogP contribution in [0.2, 0.25) is 0 Å². The van der Waals surface area contributed by atoms with E-state index in [9.17, 15) is 0 Å². The predicted octanol–water partition coefficient (Wildman–Crippen LogP) is 2.56. The van der Waals surface area contributed by atoms with Gasteiger partial charge in [-0.25, -0.2) is 0 Å². The first-order chi connectivity index (χ1) is 7.40. The van der Waals surface area contributed by atoms with Gasteiger partial charge in [0.05, 0.1) is 17.4 Å². The third-order valence-electron chi connectivity index (χ3n) is 3.03. The Morgan fingerprint density at radius 2 is 2.40 bits per heavy atom. The van der Waals surface area contributed by atoms with E-state index < -0.39 is 0 Å². The van der Waals surface area contributed by atoms with Crippen molar-refractivity contribution in [2.24, 2.45) is 5.92 Å². The van der Waals surface area contributed by atoms with Crippen molar-refractivity contribution < 1.29 is 0 Å². The molecular formula is C12H15N3. The smallest absolute Gasteiger partial charge is 0.101 e. The molecule has 1 aliphatic rings. The SMILES string of the molecule is N#Cc1ccncc1NCCC1CCC1. The number of nitrogens with one attached hydrogen (secondary N) is 1. The lowest BCUT2D eigenvalue weighted by atomic mass is 9.83. The Balaban J connectivity index is 1.84. The van der Waals surface area contributed by atoms with Gasteiger partial charge in [0, 0.05) is 12.7 Å². The molecule has 3 heteroatoms. The Morgan fingerprint density at radius 1 is 1.53 bits per heavy atom. The van der Waals surface area contributed by atoms with Crippen LogP contribution in [0.3, 0.4) is 0 Å². The van der Waals surface area contributed by atoms with Gasteiger partial charge >= 0.3 is 0 Å². The van der Waals surface area contributed by atoms with E-state index in [2.05, 4.69) is 16.4 Å². The van der Waals surface area contributed by atoms with Crippen molar-refractivity contribution in [3.05, 3.63) is 24.0 Å². The first-order valence-electron chi connectivity index (χ1n) is 5.48. The van der Waals surface area contributed by atoms with Crippen LogP contribution in [0.5, 0.6) is 0 Å². The molecule has 1 fully saturated rings. The van der Waals surface area contributed by atoms with Crippen LogP contribution in [0.15, 0.2) is 18.5 Å². The molecule has 15 heavy (non-hydrogen) atoms. The molecular weight excluding hydrogens is 186 g/mol. The first-order valence-corrected chi connectivity index (χ1v) is 5.48. The lowest BCUT2D eigenvalue weighted by Crippen LogP contribution is -2.15. The zero-order valence-electron chi connectivity index (χ0n) is 8.74. The average Bonchev–Trinajstić information content (AvgIpc) is 2.22. The molecule has 1 N–H and O–H groups in total. The zero-order chi connectivity index (χ0) is 10.5. The van der Waals surface area contributed by atoms with E-state index in [0.717, 1.165) is 18.2 Å². The summed E-state index contributed by atoms with van der Waals surface area (Å²) in [5.74, 6) is 0.903. The van der Waals surface area contributed by atoms with Gasteiger partial charge in [-0.1, -0.05) is 19.3 Å². The minimum Gasteiger partial charge on any atom is -0.383 e. The second-order valence-electron chi connectivity index (χ2n) is 4.05. The lowest BCUT2D eigenvalue weighted by molar-refractivity contribution is 0.303. The maximum absolute atomic E-state index is 8.87. The predicted molar refractivity (Wildman–Crippen MR) is 59.4 cm³/mol. The van der Waals surface area contributed by atoms with Crippen molar-refractivity contribution in [3.8, 4) is 6.07 Å². The van der Waals surface area contributed by atoms with Crippen LogP contribution in [0.4, 0.5) is 5.69 Å². The molecule has 0 unspecified atom stereocenters. The van der Waals surface area contributed by atoms with Crippen LogP contribution in [-0.2, 0) is 0 Å². The number of anilines is 1. The maximum Gasteiger partial charge on any atom is 0.101 e. The molecule has 3 nitrogen and oxygen atoms in total. The third kappa shape index (κ3) is 2.47. The van der Waals surface area contributed by atoms with Gasteiger partial charge in [0.1, 0.15) is 6.07 Å². The van der Waals surface area contributed by atoms with Crippen molar-refractivity contribution in [1.82, 2.24) is 4.98 Å². The maximum atomic E-state index is 8.87. The molecule has 0 radical (unpaired) electrons. The molecule has 1 aliphatic carbocycles. The molecule has 0 bridgehead atoms. The molecule has 1 aromatic rings. The number of rotatable bonds is 4. The monoisotopic (exact) mass is 201 g/mol. The van der Waals surface area contributed by atoms with Gasteiger partial charge in [-0.05, 0) is 18.4 Å². The van der Waals surface area contributed by atoms with Crippen molar-refractivity contribution >= 4 is 5.69 Å². The number of aromatic nitrogens is 1. The standard InChI is InChI=1S/C12H15N3/c13-8-11-5-6-14-9-12(11)15-7-4-10-2-1-3-10/h5-6,9-10,15H,1-4,7H2. The molecule has 0 amide bonds. The Labute approximate surface area is 90.1 Å². The second-order valence-corrected chi connectivity index (χ2v) is 4.05. The Kier molecular flexibility index (Phi) is 3.18. The molecule has 0 aliphatic heterocycles. The molecule has 1 aromatic heterocycles. The number of nitriles is 1. The van der Waals surface area contributed by atoms with E-state index in [-0.39, 0.29) is 0 Å². The fraction of sp³-hybridized carbons (Fsp3) is 0.500. The third-order valence-corrected chi connectivity index (χ3v) is 3.03. The topological polar surface area (TPSA) is 48.7 Å². The summed E-state index contributed by atoms with van der Waals surface area (Å²) in [4.78, 5) is 4.01. The first kappa shape index (κ1) is 9.97. The molecule has 0 atom stereocenters. The molecule has 1 saturated carbocycles. The van der Waals surface area contributed by atoms with E-state index in [1.165, 1.54) is 25.7 Å². The molecule has 0 aromatic carbocycles. The van der Waals surface area contributed by atoms with Crippen molar-refractivity contribution in [2.75, 3.05) is 11.9 Å². The van der Waals surface area contributed by atoms with Gasteiger partial charge in [-0.15, -0.1) is 0 Å². The largest absolute Gasteiger partial charge is 0.383 e. The summed E-state index contributed by atoms with van der Waals surface area (Å²) in [6, 6.07) is 3.90. The Morgan fingerprint density at radius 3 is 3.07 bits per heavy atom. The van der Waals surface area contributed by atoms with E-state index in [1.54, 1.807) is 18.5 Å². The van der Waals surface area contributed by atoms with E-state index in [0.29, 0.717) is 5.56 Å². The average molecular weight is 201 g/mol. The number of pyridine rings is 1. The number of nitrogens with zero attached hydrogens (tertiary/aromatic N) is 2. The Bertz CT molecular complexity index is 363. The summed E-state index contributed by atoms with van der Waals surface area (Å²) in [5, 5.41) is 12.1. The van der Waals surface area contributed by atoms with Crippen LogP contribution in [0.25, 0.3) is 0 Å². The molecule has 0 spiro atoms. The highest BCUT2D eigenvalue weighted by Gasteiger charge is 2.16. The van der Waals surface area contributed by atoms with Gasteiger partial charge in [0.2, 0.25) is 0 Å². The summed E-state index contributed by atoms with van der Waals surface area (Å²) in [5.41, 5.74) is 1.54. The Hall–Kier alpha value is -1.56.